The summed E-state index contributed by atoms with van der Waals surface area (Å²) in [5.74, 6) is 0. The van der Waals surface area contributed by atoms with Crippen molar-refractivity contribution in [1.29, 1.82) is 0 Å². The van der Waals surface area contributed by atoms with E-state index in [0.29, 0.717) is 0 Å². The lowest BCUT2D eigenvalue weighted by atomic mass is 9.79. The lowest BCUT2D eigenvalue weighted by Gasteiger charge is -2.30. The van der Waals surface area contributed by atoms with Crippen LogP contribution in [0.1, 0.15) is 158 Å². The van der Waals surface area contributed by atoms with Crippen LogP contribution in [-0.2, 0) is 32.5 Å². The Bertz CT molecular complexity index is 2200. The van der Waals surface area contributed by atoms with Crippen LogP contribution in [0.5, 0.6) is 0 Å². The van der Waals surface area contributed by atoms with Crippen LogP contribution in [0.4, 0.5) is 0 Å². The highest BCUT2D eigenvalue weighted by Crippen LogP contribution is 2.38. The third-order valence-electron chi connectivity index (χ3n) is 12.8. The van der Waals surface area contributed by atoms with E-state index < -0.39 is 7.38 Å². The van der Waals surface area contributed by atoms with Crippen LogP contribution < -0.4 is 15.6 Å². The highest BCUT2D eigenvalue weighted by Gasteiger charge is 2.39. The monoisotopic (exact) mass is 859 g/mol. The third kappa shape index (κ3) is 10.3. The van der Waals surface area contributed by atoms with Crippen molar-refractivity contribution in [3.8, 4) is 33.4 Å². The molecule has 0 unspecified atom stereocenters. The minimum absolute atomic E-state index is 0.00773. The van der Waals surface area contributed by atoms with Crippen molar-refractivity contribution in [2.24, 2.45) is 0 Å². The fraction of sp³-hybridized carbons (Fsp3) is 0.400. The van der Waals surface area contributed by atoms with Crippen LogP contribution in [0.3, 0.4) is 0 Å². The van der Waals surface area contributed by atoms with Gasteiger partial charge in [-0.1, -0.05) is 252 Å². The Balaban J connectivity index is 1.64. The Morgan fingerprint density at radius 1 is 0.258 bits per heavy atom. The Morgan fingerprint density at radius 2 is 0.452 bits per heavy atom. The highest BCUT2D eigenvalue weighted by molar-refractivity contribution is 7.40. The summed E-state index contributed by atoms with van der Waals surface area (Å²) in [5, 5.41) is 3.55. The molecule has 0 aliphatic rings. The summed E-state index contributed by atoms with van der Waals surface area (Å²) >= 11 is 8.66. The van der Waals surface area contributed by atoms with Gasteiger partial charge in [-0.2, -0.15) is 0 Å². The second kappa shape index (κ2) is 16.4. The lowest BCUT2D eigenvalue weighted by Crippen LogP contribution is -2.63. The predicted octanol–water partition coefficient (Wildman–Crippen LogP) is 15.7. The van der Waals surface area contributed by atoms with E-state index in [-0.39, 0.29) is 32.5 Å². The molecule has 0 aliphatic heterocycles. The molecule has 326 valence electrons. The maximum absolute atomic E-state index is 8.66. The van der Waals surface area contributed by atoms with Crippen molar-refractivity contribution in [2.45, 2.75) is 157 Å². The van der Waals surface area contributed by atoms with E-state index in [1.165, 1.54) is 82.3 Å². The van der Waals surface area contributed by atoms with Gasteiger partial charge in [0.2, 0.25) is 7.38 Å². The van der Waals surface area contributed by atoms with Gasteiger partial charge in [0.25, 0.3) is 0 Å². The summed E-state index contributed by atoms with van der Waals surface area (Å²) in [6.07, 6.45) is 0. The fourth-order valence-corrected chi connectivity index (χ4v) is 12.3. The van der Waals surface area contributed by atoms with Gasteiger partial charge in [-0.3, -0.25) is 0 Å². The van der Waals surface area contributed by atoms with Gasteiger partial charge < -0.3 is 0 Å². The zero-order valence-electron chi connectivity index (χ0n) is 41.5. The molecule has 6 aromatic rings. The standard InChI is InChI=1S/C60H75ClSi/c1-55(2,3)46-28-43(29-47(37-46)56(4,5)6)40-22-19-25-52(34-40)62(61,53-26-20-23-41(35-53)44-30-48(57(7,8)9)38-49(31-44)58(10,11)12)54-27-21-24-42(36-54)45-32-50(59(13,14)15)39-51(33-45)60(16,17)18/h19-39H,1-18H3. The van der Waals surface area contributed by atoms with Crippen molar-refractivity contribution in [3.05, 3.63) is 161 Å². The molecule has 0 saturated heterocycles. The van der Waals surface area contributed by atoms with Crippen molar-refractivity contribution >= 4 is 34.0 Å². The zero-order valence-corrected chi connectivity index (χ0v) is 43.3. The average Bonchev–Trinajstić information content (AvgIpc) is 3.18. The topological polar surface area (TPSA) is 0 Å². The van der Waals surface area contributed by atoms with Gasteiger partial charge in [-0.15, -0.1) is 11.1 Å². The van der Waals surface area contributed by atoms with Crippen molar-refractivity contribution in [2.75, 3.05) is 0 Å². The molecule has 0 saturated carbocycles. The summed E-state index contributed by atoms with van der Waals surface area (Å²) < 4.78 is 0. The van der Waals surface area contributed by atoms with Crippen LogP contribution in [0.15, 0.2) is 127 Å². The number of hydrogen-bond acceptors (Lipinski definition) is 0. The minimum atomic E-state index is -3.20. The highest BCUT2D eigenvalue weighted by atomic mass is 35.6. The number of hydrogen-bond donors (Lipinski definition) is 0. The maximum atomic E-state index is 8.66. The van der Waals surface area contributed by atoms with Gasteiger partial charge in [0, 0.05) is 0 Å². The summed E-state index contributed by atoms with van der Waals surface area (Å²) in [7, 11) is -3.20. The molecule has 0 amide bonds. The first kappa shape index (κ1) is 47.3. The Labute approximate surface area is 383 Å². The van der Waals surface area contributed by atoms with E-state index >= 15 is 0 Å². The second-order valence-corrected chi connectivity index (χ2v) is 29.0. The summed E-state index contributed by atoms with van der Waals surface area (Å²) in [5.41, 5.74) is 15.4. The normalized spacial score (nSPS) is 13.4. The molecule has 0 atom stereocenters. The van der Waals surface area contributed by atoms with Gasteiger partial charge in [-0.05, 0) is 115 Å². The first-order valence-electron chi connectivity index (χ1n) is 22.8. The van der Waals surface area contributed by atoms with Gasteiger partial charge in [0.15, 0.2) is 0 Å². The largest absolute Gasteiger partial charge is 0.248 e. The van der Waals surface area contributed by atoms with Gasteiger partial charge in [0.05, 0.1) is 0 Å². The van der Waals surface area contributed by atoms with E-state index in [9.17, 15) is 0 Å². The summed E-state index contributed by atoms with van der Waals surface area (Å²) in [6.45, 7) is 41.7. The molecular formula is C60H75ClSi. The zero-order chi connectivity index (χ0) is 46.0. The quantitative estimate of drug-likeness (QED) is 0.0889. The van der Waals surface area contributed by atoms with Crippen LogP contribution in [-0.4, -0.2) is 7.38 Å². The second-order valence-electron chi connectivity index (χ2n) is 24.3. The summed E-state index contributed by atoms with van der Waals surface area (Å²) in [4.78, 5) is 0. The maximum Gasteiger partial charge on any atom is 0.248 e. The molecule has 6 rings (SSSR count). The van der Waals surface area contributed by atoms with E-state index in [4.69, 9.17) is 11.1 Å². The SMILES string of the molecule is CC(C)(C)c1cc(-c2cccc([Si](Cl)(c3cccc(-c4cc(C(C)(C)C)cc(C(C)(C)C)c4)c3)c3cccc(-c4cc(C(C)(C)C)cc(C(C)(C)C)c4)c3)c2)cc(C(C)(C)C)c1. The molecule has 0 aromatic heterocycles. The van der Waals surface area contributed by atoms with E-state index in [1.54, 1.807) is 0 Å². The molecule has 0 heterocycles. The summed E-state index contributed by atoms with van der Waals surface area (Å²) in [6, 6.07) is 49.2. The van der Waals surface area contributed by atoms with Crippen LogP contribution in [0.2, 0.25) is 0 Å². The Kier molecular flexibility index (Phi) is 12.5. The van der Waals surface area contributed by atoms with E-state index in [0.717, 1.165) is 0 Å². The van der Waals surface area contributed by atoms with Gasteiger partial charge in [-0.25, -0.2) is 0 Å². The molecular weight excluding hydrogens is 784 g/mol. The molecule has 2 heteroatoms. The van der Waals surface area contributed by atoms with Crippen LogP contribution in [0.25, 0.3) is 33.4 Å². The number of halogens is 1. The van der Waals surface area contributed by atoms with E-state index in [2.05, 4.69) is 252 Å². The van der Waals surface area contributed by atoms with Crippen molar-refractivity contribution in [1.82, 2.24) is 0 Å². The van der Waals surface area contributed by atoms with Gasteiger partial charge in [0.1, 0.15) is 0 Å². The van der Waals surface area contributed by atoms with Crippen LogP contribution in [0, 0.1) is 0 Å². The Morgan fingerprint density at radius 3 is 0.629 bits per heavy atom. The minimum Gasteiger partial charge on any atom is -0.149 e. The molecule has 0 spiro atoms. The molecule has 0 aliphatic carbocycles. The van der Waals surface area contributed by atoms with Crippen LogP contribution >= 0.6 is 11.1 Å². The smallest absolute Gasteiger partial charge is 0.149 e. The predicted molar refractivity (Wildman–Crippen MR) is 278 cm³/mol. The van der Waals surface area contributed by atoms with E-state index in [1.807, 2.05) is 0 Å². The molecule has 6 aromatic carbocycles. The first-order valence-corrected chi connectivity index (χ1v) is 25.9. The fourth-order valence-electron chi connectivity index (χ4n) is 8.22. The molecule has 0 N–H and O–H groups in total. The van der Waals surface area contributed by atoms with Crippen molar-refractivity contribution < 1.29 is 0 Å². The average molecular weight is 860 g/mol. The van der Waals surface area contributed by atoms with Gasteiger partial charge >= 0.3 is 0 Å². The van der Waals surface area contributed by atoms with Crippen molar-refractivity contribution in [3.63, 3.8) is 0 Å². The Hall–Kier alpha value is -4.17. The lowest BCUT2D eigenvalue weighted by molar-refractivity contribution is 0.568. The molecule has 0 fully saturated rings. The number of benzene rings is 6. The molecule has 0 nitrogen and oxygen atoms in total. The molecule has 0 radical (unpaired) electrons. The molecule has 0 bridgehead atoms. The molecule has 62 heavy (non-hydrogen) atoms. The number of rotatable bonds is 6. The first-order chi connectivity index (χ1) is 28.3. The third-order valence-corrected chi connectivity index (χ3v) is 18.1.